The van der Waals surface area contributed by atoms with Gasteiger partial charge in [0.2, 0.25) is 0 Å². The molecule has 7 heteroatoms. The molecule has 0 bridgehead atoms. The number of hydrogen-bond donors (Lipinski definition) is 1. The average Bonchev–Trinajstić information content (AvgIpc) is 2.87. The minimum absolute atomic E-state index is 0.277. The lowest BCUT2D eigenvalue weighted by molar-refractivity contribution is -0.141. The van der Waals surface area contributed by atoms with Gasteiger partial charge in [0.25, 0.3) is 0 Å². The van der Waals surface area contributed by atoms with Crippen LogP contribution in [0.5, 0.6) is 0 Å². The summed E-state index contributed by atoms with van der Waals surface area (Å²) in [5.74, 6) is 0.949. The van der Waals surface area contributed by atoms with Gasteiger partial charge in [0.1, 0.15) is 5.82 Å². The van der Waals surface area contributed by atoms with E-state index >= 15 is 0 Å². The Kier molecular flexibility index (Phi) is 2.81. The molecule has 0 amide bonds. The van der Waals surface area contributed by atoms with Crippen molar-refractivity contribution in [2.24, 2.45) is 0 Å². The molecule has 1 atom stereocenters. The fourth-order valence-electron chi connectivity index (χ4n) is 1.80. The van der Waals surface area contributed by atoms with E-state index in [9.17, 15) is 13.2 Å². The molecule has 1 unspecified atom stereocenters. The number of aromatic amines is 1. The zero-order valence-corrected chi connectivity index (χ0v) is 9.53. The topological polar surface area (TPSA) is 33.6 Å². The molecule has 3 nitrogen and oxygen atoms in total. The van der Waals surface area contributed by atoms with Crippen molar-refractivity contribution in [3.63, 3.8) is 0 Å². The van der Waals surface area contributed by atoms with Crippen LogP contribution in [0.3, 0.4) is 0 Å². The molecule has 1 saturated carbocycles. The van der Waals surface area contributed by atoms with Crippen molar-refractivity contribution >= 4 is 12.2 Å². The highest BCUT2D eigenvalue weighted by atomic mass is 32.1. The molecule has 0 spiro atoms. The Labute approximate surface area is 95.7 Å². The van der Waals surface area contributed by atoms with Crippen molar-refractivity contribution in [2.75, 3.05) is 0 Å². The molecule has 0 aromatic carbocycles. The first kappa shape index (κ1) is 11.6. The van der Waals surface area contributed by atoms with E-state index in [2.05, 4.69) is 10.2 Å². The summed E-state index contributed by atoms with van der Waals surface area (Å²) in [4.78, 5) is 0. The standard InChI is InChI=1S/C9H12F3N3S/c1-5(4-9(10,11)12)15-7(6-2-3-6)13-14-8(15)16/h5-6H,2-4H2,1H3,(H,14,16). The Morgan fingerprint density at radius 3 is 2.69 bits per heavy atom. The zero-order chi connectivity index (χ0) is 11.9. The summed E-state index contributed by atoms with van der Waals surface area (Å²) in [6.45, 7) is 1.52. The number of alkyl halides is 3. The summed E-state index contributed by atoms with van der Waals surface area (Å²) in [7, 11) is 0. The number of aromatic nitrogens is 3. The van der Waals surface area contributed by atoms with Crippen LogP contribution in [0.25, 0.3) is 0 Å². The van der Waals surface area contributed by atoms with Crippen LogP contribution in [-0.4, -0.2) is 20.9 Å². The Bertz CT molecular complexity index is 430. The SMILES string of the molecule is CC(CC(F)(F)F)n1c(C2CC2)n[nH]c1=S. The third-order valence-corrected chi connectivity index (χ3v) is 2.93. The van der Waals surface area contributed by atoms with E-state index in [1.165, 1.54) is 11.5 Å². The van der Waals surface area contributed by atoms with E-state index in [4.69, 9.17) is 12.2 Å². The molecule has 1 aromatic heterocycles. The molecule has 0 radical (unpaired) electrons. The lowest BCUT2D eigenvalue weighted by atomic mass is 10.2. The van der Waals surface area contributed by atoms with Crippen LogP contribution in [-0.2, 0) is 0 Å². The predicted molar refractivity (Wildman–Crippen MR) is 54.8 cm³/mol. The first-order chi connectivity index (χ1) is 7.38. The van der Waals surface area contributed by atoms with Crippen molar-refractivity contribution in [1.29, 1.82) is 0 Å². The molecule has 0 aliphatic heterocycles. The third-order valence-electron chi connectivity index (χ3n) is 2.64. The first-order valence-electron chi connectivity index (χ1n) is 5.12. The van der Waals surface area contributed by atoms with Gasteiger partial charge < -0.3 is 4.57 Å². The van der Waals surface area contributed by atoms with Gasteiger partial charge in [-0.15, -0.1) is 0 Å². The maximum atomic E-state index is 12.3. The zero-order valence-electron chi connectivity index (χ0n) is 8.71. The number of nitrogens with one attached hydrogen (secondary N) is 1. The van der Waals surface area contributed by atoms with E-state index in [-0.39, 0.29) is 10.7 Å². The van der Waals surface area contributed by atoms with Gasteiger partial charge in [-0.3, -0.25) is 5.10 Å². The van der Waals surface area contributed by atoms with E-state index in [1.807, 2.05) is 0 Å². The van der Waals surface area contributed by atoms with Crippen molar-refractivity contribution in [1.82, 2.24) is 14.8 Å². The predicted octanol–water partition coefficient (Wildman–Crippen LogP) is 3.33. The summed E-state index contributed by atoms with van der Waals surface area (Å²) in [6.07, 6.45) is -3.08. The van der Waals surface area contributed by atoms with Crippen molar-refractivity contribution in [3.8, 4) is 0 Å². The Morgan fingerprint density at radius 1 is 1.56 bits per heavy atom. The Balaban J connectivity index is 2.24. The van der Waals surface area contributed by atoms with Crippen LogP contribution < -0.4 is 0 Å². The molecule has 2 rings (SSSR count). The normalized spacial score (nSPS) is 18.8. The fourth-order valence-corrected chi connectivity index (χ4v) is 2.12. The van der Waals surface area contributed by atoms with Crippen LogP contribution in [0.2, 0.25) is 0 Å². The molecule has 1 heterocycles. The maximum Gasteiger partial charge on any atom is 0.391 e. The summed E-state index contributed by atoms with van der Waals surface area (Å²) in [5, 5.41) is 6.58. The van der Waals surface area contributed by atoms with E-state index in [0.29, 0.717) is 5.82 Å². The van der Waals surface area contributed by atoms with Gasteiger partial charge in [0, 0.05) is 12.0 Å². The third kappa shape index (κ3) is 2.45. The van der Waals surface area contributed by atoms with E-state index in [0.717, 1.165) is 12.8 Å². The molecule has 1 aromatic rings. The van der Waals surface area contributed by atoms with Crippen LogP contribution in [0.1, 0.15) is 44.0 Å². The van der Waals surface area contributed by atoms with E-state index in [1.54, 1.807) is 0 Å². The molecule has 1 aliphatic rings. The molecule has 0 saturated heterocycles. The van der Waals surface area contributed by atoms with E-state index < -0.39 is 18.6 Å². The number of halogens is 3. The fraction of sp³-hybridized carbons (Fsp3) is 0.778. The summed E-state index contributed by atoms with van der Waals surface area (Å²) < 4.78 is 38.7. The Hall–Kier alpha value is -0.850. The summed E-state index contributed by atoms with van der Waals surface area (Å²) in [5.41, 5.74) is 0. The highest BCUT2D eigenvalue weighted by molar-refractivity contribution is 7.71. The second kappa shape index (κ2) is 3.87. The lowest BCUT2D eigenvalue weighted by Gasteiger charge is -2.17. The van der Waals surface area contributed by atoms with Gasteiger partial charge in [-0.05, 0) is 32.0 Å². The molecule has 1 aliphatic carbocycles. The molecular formula is C9H12F3N3S. The molecule has 1 fully saturated rings. The number of hydrogen-bond acceptors (Lipinski definition) is 2. The highest BCUT2D eigenvalue weighted by Gasteiger charge is 2.35. The summed E-state index contributed by atoms with van der Waals surface area (Å²) in [6, 6.07) is -0.693. The molecule has 90 valence electrons. The quantitative estimate of drug-likeness (QED) is 0.836. The average molecular weight is 251 g/mol. The monoisotopic (exact) mass is 251 g/mol. The lowest BCUT2D eigenvalue weighted by Crippen LogP contribution is -2.18. The second-order valence-electron chi connectivity index (χ2n) is 4.20. The van der Waals surface area contributed by atoms with Crippen molar-refractivity contribution < 1.29 is 13.2 Å². The van der Waals surface area contributed by atoms with Crippen molar-refractivity contribution in [2.45, 2.75) is 44.3 Å². The minimum Gasteiger partial charge on any atom is -0.301 e. The number of rotatable bonds is 3. The number of H-pyrrole nitrogens is 1. The van der Waals surface area contributed by atoms with Crippen molar-refractivity contribution in [3.05, 3.63) is 10.6 Å². The first-order valence-corrected chi connectivity index (χ1v) is 5.53. The van der Waals surface area contributed by atoms with Gasteiger partial charge in [-0.2, -0.15) is 18.3 Å². The number of nitrogens with zero attached hydrogens (tertiary/aromatic N) is 2. The van der Waals surface area contributed by atoms with Gasteiger partial charge in [-0.25, -0.2) is 0 Å². The minimum atomic E-state index is -4.17. The summed E-state index contributed by atoms with van der Waals surface area (Å²) >= 11 is 4.96. The molecule has 1 N–H and O–H groups in total. The maximum absolute atomic E-state index is 12.3. The molecule has 16 heavy (non-hydrogen) atoms. The van der Waals surface area contributed by atoms with Gasteiger partial charge in [-0.1, -0.05) is 0 Å². The van der Waals surface area contributed by atoms with Crippen LogP contribution in [0.4, 0.5) is 13.2 Å². The Morgan fingerprint density at radius 2 is 2.19 bits per heavy atom. The van der Waals surface area contributed by atoms with Crippen LogP contribution >= 0.6 is 12.2 Å². The largest absolute Gasteiger partial charge is 0.391 e. The van der Waals surface area contributed by atoms with Crippen LogP contribution in [0.15, 0.2) is 0 Å². The van der Waals surface area contributed by atoms with Gasteiger partial charge in [0.15, 0.2) is 4.77 Å². The van der Waals surface area contributed by atoms with Crippen LogP contribution in [0, 0.1) is 4.77 Å². The van der Waals surface area contributed by atoms with Gasteiger partial charge >= 0.3 is 6.18 Å². The highest BCUT2D eigenvalue weighted by Crippen LogP contribution is 2.40. The second-order valence-corrected chi connectivity index (χ2v) is 4.59. The van der Waals surface area contributed by atoms with Gasteiger partial charge in [0.05, 0.1) is 6.42 Å². The molecular weight excluding hydrogens is 239 g/mol. The smallest absolute Gasteiger partial charge is 0.301 e.